The zero-order chi connectivity index (χ0) is 39.4. The van der Waals surface area contributed by atoms with Crippen LogP contribution in [0, 0.1) is 0 Å². The highest BCUT2D eigenvalue weighted by molar-refractivity contribution is 5.71. The summed E-state index contributed by atoms with van der Waals surface area (Å²) >= 11 is 0. The van der Waals surface area contributed by atoms with Crippen LogP contribution < -0.4 is 0 Å². The first-order chi connectivity index (χ1) is 26.5. The minimum absolute atomic E-state index is 0.0950. The molecule has 0 aromatic rings. The number of ether oxygens (including phenoxy) is 3. The smallest absolute Gasteiger partial charge is 0.306 e. The molecule has 0 radical (unpaired) electrons. The Morgan fingerprint density at radius 3 is 1.24 bits per heavy atom. The Balaban J connectivity index is 4.40. The van der Waals surface area contributed by atoms with Gasteiger partial charge in [0, 0.05) is 19.3 Å². The molecule has 0 spiro atoms. The highest BCUT2D eigenvalue weighted by Gasteiger charge is 2.19. The van der Waals surface area contributed by atoms with Gasteiger partial charge in [-0.15, -0.1) is 0 Å². The lowest BCUT2D eigenvalue weighted by Crippen LogP contribution is -2.30. The Morgan fingerprint density at radius 1 is 0.370 bits per heavy atom. The Hall–Kier alpha value is -3.15. The topological polar surface area (TPSA) is 78.9 Å². The fourth-order valence-electron chi connectivity index (χ4n) is 5.71. The van der Waals surface area contributed by atoms with Crippen LogP contribution in [0.1, 0.15) is 194 Å². The van der Waals surface area contributed by atoms with Crippen LogP contribution in [0.25, 0.3) is 0 Å². The van der Waals surface area contributed by atoms with E-state index in [0.717, 1.165) is 77.0 Å². The van der Waals surface area contributed by atoms with Crippen molar-refractivity contribution in [3.05, 3.63) is 72.9 Å². The molecule has 0 aromatic carbocycles. The molecule has 1 unspecified atom stereocenters. The van der Waals surface area contributed by atoms with E-state index in [1.54, 1.807) is 0 Å². The maximum atomic E-state index is 12.6. The number of esters is 3. The Bertz CT molecular complexity index is 1050. The van der Waals surface area contributed by atoms with E-state index in [4.69, 9.17) is 14.2 Å². The lowest BCUT2D eigenvalue weighted by Gasteiger charge is -2.18. The molecule has 0 rings (SSSR count). The van der Waals surface area contributed by atoms with Crippen molar-refractivity contribution in [3.8, 4) is 0 Å². The fourth-order valence-corrected chi connectivity index (χ4v) is 5.71. The van der Waals surface area contributed by atoms with Crippen molar-refractivity contribution in [3.63, 3.8) is 0 Å². The molecule has 54 heavy (non-hydrogen) atoms. The van der Waals surface area contributed by atoms with Crippen LogP contribution in [0.5, 0.6) is 0 Å². The van der Waals surface area contributed by atoms with E-state index in [9.17, 15) is 14.4 Å². The van der Waals surface area contributed by atoms with Crippen molar-refractivity contribution in [1.82, 2.24) is 0 Å². The summed E-state index contributed by atoms with van der Waals surface area (Å²) in [5, 5.41) is 0. The maximum Gasteiger partial charge on any atom is 0.306 e. The van der Waals surface area contributed by atoms with Crippen LogP contribution in [0.4, 0.5) is 0 Å². The van der Waals surface area contributed by atoms with Crippen molar-refractivity contribution < 1.29 is 28.6 Å². The van der Waals surface area contributed by atoms with Crippen LogP contribution in [0.2, 0.25) is 0 Å². The molecule has 0 N–H and O–H groups in total. The van der Waals surface area contributed by atoms with Crippen LogP contribution in [-0.4, -0.2) is 37.2 Å². The van der Waals surface area contributed by atoms with E-state index < -0.39 is 6.10 Å². The molecule has 0 aromatic heterocycles. The van der Waals surface area contributed by atoms with E-state index in [1.165, 1.54) is 70.6 Å². The third-order valence-electron chi connectivity index (χ3n) is 9.04. The lowest BCUT2D eigenvalue weighted by molar-refractivity contribution is -0.167. The number of hydrogen-bond donors (Lipinski definition) is 0. The fraction of sp³-hybridized carbons (Fsp3) is 0.688. The van der Waals surface area contributed by atoms with Gasteiger partial charge in [0.1, 0.15) is 13.2 Å². The van der Waals surface area contributed by atoms with Crippen LogP contribution >= 0.6 is 0 Å². The minimum atomic E-state index is -0.795. The maximum absolute atomic E-state index is 12.6. The third kappa shape index (κ3) is 40.0. The summed E-state index contributed by atoms with van der Waals surface area (Å²) in [6.45, 7) is 6.42. The second-order valence-corrected chi connectivity index (χ2v) is 14.4. The molecule has 6 heteroatoms. The number of carbonyl (C=O) groups excluding carboxylic acids is 3. The van der Waals surface area contributed by atoms with Gasteiger partial charge in [-0.1, -0.05) is 190 Å². The molecule has 1 atom stereocenters. The van der Waals surface area contributed by atoms with Crippen LogP contribution in [-0.2, 0) is 28.6 Å². The first-order valence-electron chi connectivity index (χ1n) is 22.0. The van der Waals surface area contributed by atoms with Crippen molar-refractivity contribution in [2.75, 3.05) is 13.2 Å². The van der Waals surface area contributed by atoms with Crippen LogP contribution in [0.15, 0.2) is 72.9 Å². The number of rotatable bonds is 38. The van der Waals surface area contributed by atoms with Gasteiger partial charge >= 0.3 is 17.9 Å². The SMILES string of the molecule is CCC\C=C/C=C\C=C/C=C\C=C/CCCCCCCC(=O)OCC(COC(=O)CCCCCCCCCCC)OC(=O)CCC/C=C\CCCCCC. The second kappa shape index (κ2) is 42.6. The molecular weight excluding hydrogens is 673 g/mol. The highest BCUT2D eigenvalue weighted by Crippen LogP contribution is 2.13. The van der Waals surface area contributed by atoms with E-state index >= 15 is 0 Å². The number of hydrogen-bond acceptors (Lipinski definition) is 6. The Morgan fingerprint density at radius 2 is 0.741 bits per heavy atom. The van der Waals surface area contributed by atoms with Gasteiger partial charge in [0.05, 0.1) is 0 Å². The second-order valence-electron chi connectivity index (χ2n) is 14.4. The first kappa shape index (κ1) is 50.9. The first-order valence-corrected chi connectivity index (χ1v) is 22.0. The summed E-state index contributed by atoms with van der Waals surface area (Å²) in [5.74, 6) is -0.967. The molecule has 0 saturated heterocycles. The molecule has 0 aliphatic heterocycles. The molecule has 0 saturated carbocycles. The number of carbonyl (C=O) groups is 3. The molecule has 0 aliphatic carbocycles. The summed E-state index contributed by atoms with van der Waals surface area (Å²) in [4.78, 5) is 37.5. The van der Waals surface area contributed by atoms with Gasteiger partial charge in [0.2, 0.25) is 0 Å². The Kier molecular flexibility index (Phi) is 40.1. The van der Waals surface area contributed by atoms with E-state index in [1.807, 2.05) is 36.5 Å². The summed E-state index contributed by atoms with van der Waals surface area (Å²) in [6, 6.07) is 0. The van der Waals surface area contributed by atoms with E-state index in [-0.39, 0.29) is 37.5 Å². The number of unbranched alkanes of at least 4 members (excludes halogenated alkanes) is 19. The molecule has 0 heterocycles. The van der Waals surface area contributed by atoms with Gasteiger partial charge in [-0.3, -0.25) is 14.4 Å². The largest absolute Gasteiger partial charge is 0.462 e. The quantitative estimate of drug-likeness (QED) is 0.0205. The van der Waals surface area contributed by atoms with Gasteiger partial charge in [0.15, 0.2) is 6.10 Å². The molecule has 6 nitrogen and oxygen atoms in total. The van der Waals surface area contributed by atoms with Gasteiger partial charge < -0.3 is 14.2 Å². The lowest BCUT2D eigenvalue weighted by atomic mass is 10.1. The van der Waals surface area contributed by atoms with E-state index in [2.05, 4.69) is 57.2 Å². The molecule has 0 fully saturated rings. The van der Waals surface area contributed by atoms with Gasteiger partial charge in [-0.25, -0.2) is 0 Å². The standard InChI is InChI=1S/C48H80O6/c1-4-7-10-13-16-19-20-21-22-23-24-25-26-27-30-32-35-38-41-47(50)53-44-45(54-48(51)42-39-36-33-29-18-15-12-9-6-3)43-52-46(49)40-37-34-31-28-17-14-11-8-5-2/h10,13,16,19-25,29,33,45H,4-9,11-12,14-15,17-18,26-28,30-32,34-44H2,1-3H3/b13-10-,19-16-,21-20-,23-22-,25-24-,33-29-. The van der Waals surface area contributed by atoms with Crippen molar-refractivity contribution in [2.24, 2.45) is 0 Å². The molecular formula is C48H80O6. The van der Waals surface area contributed by atoms with Crippen molar-refractivity contribution in [1.29, 1.82) is 0 Å². The van der Waals surface area contributed by atoms with Gasteiger partial charge in [-0.05, 0) is 57.8 Å². The highest BCUT2D eigenvalue weighted by atomic mass is 16.6. The summed E-state index contributed by atoms with van der Waals surface area (Å²) < 4.78 is 16.6. The zero-order valence-corrected chi connectivity index (χ0v) is 35.0. The normalized spacial score (nSPS) is 12.7. The molecule has 308 valence electrons. The monoisotopic (exact) mass is 753 g/mol. The van der Waals surface area contributed by atoms with Gasteiger partial charge in [0.25, 0.3) is 0 Å². The Labute approximate surface area is 332 Å². The predicted molar refractivity (Wildman–Crippen MR) is 228 cm³/mol. The van der Waals surface area contributed by atoms with Crippen LogP contribution in [0.3, 0.4) is 0 Å². The molecule has 0 bridgehead atoms. The summed E-state index contributed by atoms with van der Waals surface area (Å²) in [5.41, 5.74) is 0. The predicted octanol–water partition coefficient (Wildman–Crippen LogP) is 13.9. The minimum Gasteiger partial charge on any atom is -0.462 e. The van der Waals surface area contributed by atoms with Crippen molar-refractivity contribution in [2.45, 2.75) is 200 Å². The summed E-state index contributed by atoms with van der Waals surface area (Å²) in [6.07, 6.45) is 51.7. The average Bonchev–Trinajstić information content (AvgIpc) is 3.17. The molecule has 0 aliphatic rings. The molecule has 0 amide bonds. The van der Waals surface area contributed by atoms with Crippen molar-refractivity contribution >= 4 is 17.9 Å². The number of allylic oxidation sites excluding steroid dienone is 12. The van der Waals surface area contributed by atoms with E-state index in [0.29, 0.717) is 19.3 Å². The summed E-state index contributed by atoms with van der Waals surface area (Å²) in [7, 11) is 0. The van der Waals surface area contributed by atoms with Gasteiger partial charge in [-0.2, -0.15) is 0 Å². The average molecular weight is 753 g/mol. The third-order valence-corrected chi connectivity index (χ3v) is 9.04. The zero-order valence-electron chi connectivity index (χ0n) is 35.0.